The molecule has 0 saturated carbocycles. The predicted molar refractivity (Wildman–Crippen MR) is 122 cm³/mol. The molecule has 3 N–H and O–H groups in total. The predicted octanol–water partition coefficient (Wildman–Crippen LogP) is 4.85. The monoisotopic (exact) mass is 401 g/mol. The molecule has 3 aromatic carbocycles. The molecular weight excluding hydrogens is 374 g/mol. The van der Waals surface area contributed by atoms with Gasteiger partial charge in [0.2, 0.25) is 5.91 Å². The van der Waals surface area contributed by atoms with Crippen LogP contribution in [0.5, 0.6) is 0 Å². The average molecular weight is 402 g/mol. The lowest BCUT2D eigenvalue weighted by Gasteiger charge is -2.15. The van der Waals surface area contributed by atoms with Gasteiger partial charge in [-0.1, -0.05) is 42.5 Å². The zero-order chi connectivity index (χ0) is 21.5. The van der Waals surface area contributed by atoms with Gasteiger partial charge < -0.3 is 16.0 Å². The maximum atomic E-state index is 12.6. The molecule has 154 valence electrons. The van der Waals surface area contributed by atoms with Crippen molar-refractivity contribution >= 4 is 23.2 Å². The molecule has 5 heteroatoms. The summed E-state index contributed by atoms with van der Waals surface area (Å²) in [7, 11) is 0. The standard InChI is InChI=1S/C25H27N3O2/c1-17-12-18(2)14-23(13-17)26-16-24(29)28-22-11-7-10-21(15-22)25(30)27-19(3)20-8-5-4-6-9-20/h4-15,19,26H,16H2,1-3H3,(H,27,30)(H,28,29). The molecule has 0 bridgehead atoms. The van der Waals surface area contributed by atoms with E-state index in [2.05, 4.69) is 22.0 Å². The SMILES string of the molecule is Cc1cc(C)cc(NCC(=O)Nc2cccc(C(=O)NC(C)c3ccccc3)c2)c1. The molecule has 0 aliphatic carbocycles. The van der Waals surface area contributed by atoms with Gasteiger partial charge in [-0.2, -0.15) is 0 Å². The lowest BCUT2D eigenvalue weighted by Crippen LogP contribution is -2.27. The molecule has 2 amide bonds. The first kappa shape index (κ1) is 21.1. The van der Waals surface area contributed by atoms with E-state index in [1.165, 1.54) is 0 Å². The van der Waals surface area contributed by atoms with Crippen LogP contribution in [0.25, 0.3) is 0 Å². The zero-order valence-electron chi connectivity index (χ0n) is 17.5. The highest BCUT2D eigenvalue weighted by Crippen LogP contribution is 2.16. The highest BCUT2D eigenvalue weighted by atomic mass is 16.2. The maximum absolute atomic E-state index is 12.6. The number of nitrogens with one attached hydrogen (secondary N) is 3. The molecule has 0 aliphatic rings. The van der Waals surface area contributed by atoms with Crippen LogP contribution in [0.1, 0.15) is 40.0 Å². The van der Waals surface area contributed by atoms with Crippen LogP contribution in [0.2, 0.25) is 0 Å². The van der Waals surface area contributed by atoms with Crippen molar-refractivity contribution in [2.75, 3.05) is 17.2 Å². The zero-order valence-corrected chi connectivity index (χ0v) is 17.5. The fourth-order valence-corrected chi connectivity index (χ4v) is 3.31. The van der Waals surface area contributed by atoms with E-state index >= 15 is 0 Å². The Morgan fingerprint density at radius 2 is 1.53 bits per heavy atom. The van der Waals surface area contributed by atoms with Crippen LogP contribution in [-0.2, 0) is 4.79 Å². The van der Waals surface area contributed by atoms with Crippen LogP contribution in [0.4, 0.5) is 11.4 Å². The third-order valence-electron chi connectivity index (χ3n) is 4.73. The third-order valence-corrected chi connectivity index (χ3v) is 4.73. The van der Waals surface area contributed by atoms with E-state index in [-0.39, 0.29) is 24.4 Å². The number of hydrogen-bond donors (Lipinski definition) is 3. The van der Waals surface area contributed by atoms with Gasteiger partial charge in [-0.15, -0.1) is 0 Å². The first-order chi connectivity index (χ1) is 14.4. The minimum absolute atomic E-state index is 0.112. The summed E-state index contributed by atoms with van der Waals surface area (Å²) in [5.41, 5.74) is 5.31. The molecule has 3 rings (SSSR count). The van der Waals surface area contributed by atoms with E-state index in [0.29, 0.717) is 11.3 Å². The van der Waals surface area contributed by atoms with Crippen molar-refractivity contribution in [2.24, 2.45) is 0 Å². The number of benzene rings is 3. The van der Waals surface area contributed by atoms with Crippen molar-refractivity contribution in [3.05, 3.63) is 95.1 Å². The van der Waals surface area contributed by atoms with E-state index in [9.17, 15) is 9.59 Å². The van der Waals surface area contributed by atoms with Gasteiger partial charge in [-0.05, 0) is 67.8 Å². The molecule has 0 aromatic heterocycles. The molecule has 0 aliphatic heterocycles. The Morgan fingerprint density at radius 1 is 0.833 bits per heavy atom. The van der Waals surface area contributed by atoms with Gasteiger partial charge in [0.1, 0.15) is 0 Å². The summed E-state index contributed by atoms with van der Waals surface area (Å²) in [6.07, 6.45) is 0. The largest absolute Gasteiger partial charge is 0.376 e. The smallest absolute Gasteiger partial charge is 0.251 e. The maximum Gasteiger partial charge on any atom is 0.251 e. The number of carbonyl (C=O) groups excluding carboxylic acids is 2. The Kier molecular flexibility index (Phi) is 6.86. The van der Waals surface area contributed by atoms with Crippen molar-refractivity contribution in [2.45, 2.75) is 26.8 Å². The van der Waals surface area contributed by atoms with Gasteiger partial charge in [-0.25, -0.2) is 0 Å². The molecule has 3 aromatic rings. The fraction of sp³-hybridized carbons (Fsp3) is 0.200. The number of amides is 2. The fourth-order valence-electron chi connectivity index (χ4n) is 3.31. The van der Waals surface area contributed by atoms with E-state index in [1.54, 1.807) is 24.3 Å². The quantitative estimate of drug-likeness (QED) is 0.530. The van der Waals surface area contributed by atoms with E-state index < -0.39 is 0 Å². The molecular formula is C25H27N3O2. The number of carbonyl (C=O) groups is 2. The number of anilines is 2. The van der Waals surface area contributed by atoms with Crippen LogP contribution in [0, 0.1) is 13.8 Å². The summed E-state index contributed by atoms with van der Waals surface area (Å²) < 4.78 is 0. The van der Waals surface area contributed by atoms with Crippen molar-refractivity contribution in [3.63, 3.8) is 0 Å². The van der Waals surface area contributed by atoms with Gasteiger partial charge in [0.05, 0.1) is 12.6 Å². The van der Waals surface area contributed by atoms with E-state index in [4.69, 9.17) is 0 Å². The topological polar surface area (TPSA) is 70.2 Å². The third kappa shape index (κ3) is 5.95. The molecule has 0 fully saturated rings. The van der Waals surface area contributed by atoms with Crippen molar-refractivity contribution < 1.29 is 9.59 Å². The van der Waals surface area contributed by atoms with Crippen LogP contribution >= 0.6 is 0 Å². The summed E-state index contributed by atoms with van der Waals surface area (Å²) >= 11 is 0. The molecule has 0 heterocycles. The Morgan fingerprint density at radius 3 is 2.23 bits per heavy atom. The highest BCUT2D eigenvalue weighted by Gasteiger charge is 2.12. The molecule has 30 heavy (non-hydrogen) atoms. The second kappa shape index (κ2) is 9.74. The molecule has 0 spiro atoms. The second-order valence-corrected chi connectivity index (χ2v) is 7.46. The van der Waals surface area contributed by atoms with Crippen LogP contribution in [0.15, 0.2) is 72.8 Å². The van der Waals surface area contributed by atoms with E-state index in [0.717, 1.165) is 22.4 Å². The summed E-state index contributed by atoms with van der Waals surface area (Å²) in [5.74, 6) is -0.361. The minimum Gasteiger partial charge on any atom is -0.376 e. The van der Waals surface area contributed by atoms with Crippen molar-refractivity contribution in [1.29, 1.82) is 0 Å². The summed E-state index contributed by atoms with van der Waals surface area (Å²) in [5, 5.41) is 8.96. The van der Waals surface area contributed by atoms with Crippen LogP contribution in [0.3, 0.4) is 0 Å². The number of aryl methyl sites for hydroxylation is 2. The number of hydrogen-bond acceptors (Lipinski definition) is 3. The normalized spacial score (nSPS) is 11.4. The lowest BCUT2D eigenvalue weighted by atomic mass is 10.1. The summed E-state index contributed by atoms with van der Waals surface area (Å²) in [4.78, 5) is 24.9. The van der Waals surface area contributed by atoms with Crippen molar-refractivity contribution in [1.82, 2.24) is 5.32 Å². The van der Waals surface area contributed by atoms with Gasteiger partial charge in [0, 0.05) is 16.9 Å². The Balaban J connectivity index is 1.57. The van der Waals surface area contributed by atoms with Gasteiger partial charge in [0.15, 0.2) is 0 Å². The summed E-state index contributed by atoms with van der Waals surface area (Å²) in [6, 6.07) is 22.7. The molecule has 0 saturated heterocycles. The molecule has 1 unspecified atom stereocenters. The minimum atomic E-state index is -0.184. The Hall–Kier alpha value is -3.60. The van der Waals surface area contributed by atoms with E-state index in [1.807, 2.05) is 63.2 Å². The van der Waals surface area contributed by atoms with Gasteiger partial charge in [0.25, 0.3) is 5.91 Å². The van der Waals surface area contributed by atoms with Gasteiger partial charge in [-0.3, -0.25) is 9.59 Å². The van der Waals surface area contributed by atoms with Crippen LogP contribution < -0.4 is 16.0 Å². The molecule has 1 atom stereocenters. The van der Waals surface area contributed by atoms with Crippen molar-refractivity contribution in [3.8, 4) is 0 Å². The lowest BCUT2D eigenvalue weighted by molar-refractivity contribution is -0.114. The first-order valence-corrected chi connectivity index (χ1v) is 9.98. The molecule has 5 nitrogen and oxygen atoms in total. The van der Waals surface area contributed by atoms with Gasteiger partial charge >= 0.3 is 0 Å². The Labute approximate surface area is 177 Å². The highest BCUT2D eigenvalue weighted by molar-refractivity contribution is 5.98. The number of rotatable bonds is 7. The average Bonchev–Trinajstić information content (AvgIpc) is 2.72. The van der Waals surface area contributed by atoms with Crippen LogP contribution in [-0.4, -0.2) is 18.4 Å². The first-order valence-electron chi connectivity index (χ1n) is 9.98. The summed E-state index contributed by atoms with van der Waals surface area (Å²) in [6.45, 7) is 6.13. The second-order valence-electron chi connectivity index (χ2n) is 7.46. The molecule has 0 radical (unpaired) electrons. The Bertz CT molecular complexity index is 1010.